The SMILES string of the molecule is Clc1ccc(C2=CC=Nc3nonc3N2)cc1. The smallest absolute Gasteiger partial charge is 0.241 e. The van der Waals surface area contributed by atoms with Crippen LogP contribution in [0.1, 0.15) is 5.56 Å². The molecular formula is C11H7ClN4O. The van der Waals surface area contributed by atoms with Gasteiger partial charge in [-0.2, -0.15) is 0 Å². The van der Waals surface area contributed by atoms with E-state index in [0.717, 1.165) is 11.3 Å². The van der Waals surface area contributed by atoms with Crippen LogP contribution in [-0.2, 0) is 0 Å². The highest BCUT2D eigenvalue weighted by Crippen LogP contribution is 2.26. The highest BCUT2D eigenvalue weighted by Gasteiger charge is 2.13. The minimum atomic E-state index is 0.435. The number of fused-ring (bicyclic) bond motifs is 1. The number of aliphatic imine (C=N–C) groups is 1. The first kappa shape index (κ1) is 10.0. The summed E-state index contributed by atoms with van der Waals surface area (Å²) in [6.45, 7) is 0. The van der Waals surface area contributed by atoms with Crippen LogP contribution in [-0.4, -0.2) is 16.5 Å². The molecule has 0 unspecified atom stereocenters. The highest BCUT2D eigenvalue weighted by atomic mass is 35.5. The Morgan fingerprint density at radius 3 is 2.76 bits per heavy atom. The van der Waals surface area contributed by atoms with Crippen molar-refractivity contribution in [2.24, 2.45) is 4.99 Å². The normalized spacial score (nSPS) is 13.6. The lowest BCUT2D eigenvalue weighted by molar-refractivity contribution is 0.310. The average Bonchev–Trinajstić information content (AvgIpc) is 2.68. The predicted octanol–water partition coefficient (Wildman–Crippen LogP) is 2.89. The molecule has 1 aromatic heterocycles. The largest absolute Gasteiger partial charge is 0.334 e. The van der Waals surface area contributed by atoms with E-state index >= 15 is 0 Å². The maximum atomic E-state index is 5.84. The molecule has 2 heterocycles. The molecule has 1 N–H and O–H groups in total. The Morgan fingerprint density at radius 2 is 1.94 bits per heavy atom. The van der Waals surface area contributed by atoms with Gasteiger partial charge in [0.15, 0.2) is 0 Å². The zero-order valence-electron chi connectivity index (χ0n) is 8.59. The van der Waals surface area contributed by atoms with E-state index in [1.54, 1.807) is 6.21 Å². The minimum absolute atomic E-state index is 0.435. The third-order valence-electron chi connectivity index (χ3n) is 2.32. The lowest BCUT2D eigenvalue weighted by Gasteiger charge is -2.06. The molecule has 0 fully saturated rings. The van der Waals surface area contributed by atoms with E-state index < -0.39 is 0 Å². The molecule has 5 nitrogen and oxygen atoms in total. The van der Waals surface area contributed by atoms with E-state index in [4.69, 9.17) is 11.6 Å². The first-order valence-corrected chi connectivity index (χ1v) is 5.30. The first-order chi connectivity index (χ1) is 8.33. The molecule has 0 saturated heterocycles. The van der Waals surface area contributed by atoms with Gasteiger partial charge < -0.3 is 5.32 Å². The second-order valence-corrected chi connectivity index (χ2v) is 3.86. The van der Waals surface area contributed by atoms with Crippen molar-refractivity contribution in [1.29, 1.82) is 0 Å². The van der Waals surface area contributed by atoms with Crippen molar-refractivity contribution < 1.29 is 4.63 Å². The van der Waals surface area contributed by atoms with Crippen molar-refractivity contribution in [3.05, 3.63) is 40.9 Å². The van der Waals surface area contributed by atoms with Crippen LogP contribution in [0.25, 0.3) is 5.70 Å². The van der Waals surface area contributed by atoms with Gasteiger partial charge in [0.05, 0.1) is 0 Å². The molecule has 3 rings (SSSR count). The van der Waals surface area contributed by atoms with E-state index in [9.17, 15) is 0 Å². The summed E-state index contributed by atoms with van der Waals surface area (Å²) in [7, 11) is 0. The van der Waals surface area contributed by atoms with Gasteiger partial charge in [0.1, 0.15) is 0 Å². The monoisotopic (exact) mass is 246 g/mol. The molecule has 84 valence electrons. The van der Waals surface area contributed by atoms with Gasteiger partial charge in [-0.05, 0) is 34.1 Å². The molecule has 0 spiro atoms. The number of aromatic nitrogens is 2. The van der Waals surface area contributed by atoms with Crippen molar-refractivity contribution in [1.82, 2.24) is 10.3 Å². The van der Waals surface area contributed by atoms with Crippen molar-refractivity contribution in [2.75, 3.05) is 5.32 Å². The van der Waals surface area contributed by atoms with Crippen molar-refractivity contribution in [3.63, 3.8) is 0 Å². The van der Waals surface area contributed by atoms with Gasteiger partial charge in [-0.3, -0.25) is 0 Å². The minimum Gasteiger partial charge on any atom is -0.334 e. The molecule has 1 aromatic carbocycles. The Balaban J connectivity index is 1.98. The van der Waals surface area contributed by atoms with E-state index in [1.807, 2.05) is 30.3 Å². The molecule has 0 bridgehead atoms. The first-order valence-electron chi connectivity index (χ1n) is 4.93. The highest BCUT2D eigenvalue weighted by molar-refractivity contribution is 6.30. The number of nitrogens with one attached hydrogen (secondary N) is 1. The second kappa shape index (κ2) is 4.03. The Hall–Kier alpha value is -2.14. The molecule has 0 radical (unpaired) electrons. The Kier molecular flexibility index (Phi) is 2.38. The van der Waals surface area contributed by atoms with Crippen LogP contribution in [0.2, 0.25) is 5.02 Å². The third-order valence-corrected chi connectivity index (χ3v) is 2.57. The van der Waals surface area contributed by atoms with E-state index in [0.29, 0.717) is 16.7 Å². The van der Waals surface area contributed by atoms with Gasteiger partial charge in [0.2, 0.25) is 11.6 Å². The number of benzene rings is 1. The van der Waals surface area contributed by atoms with Crippen molar-refractivity contribution in [2.45, 2.75) is 0 Å². The fraction of sp³-hybridized carbons (Fsp3) is 0. The summed E-state index contributed by atoms with van der Waals surface area (Å²) in [5.41, 5.74) is 1.84. The van der Waals surface area contributed by atoms with Crippen LogP contribution in [0.5, 0.6) is 0 Å². The van der Waals surface area contributed by atoms with E-state index in [1.165, 1.54) is 0 Å². The number of nitrogens with zero attached hydrogens (tertiary/aromatic N) is 3. The summed E-state index contributed by atoms with van der Waals surface area (Å²) in [5.74, 6) is 0.935. The molecule has 1 aliphatic heterocycles. The quantitative estimate of drug-likeness (QED) is 0.840. The summed E-state index contributed by atoms with van der Waals surface area (Å²) in [6.07, 6.45) is 3.49. The number of anilines is 1. The fourth-order valence-corrected chi connectivity index (χ4v) is 1.62. The fourth-order valence-electron chi connectivity index (χ4n) is 1.50. The van der Waals surface area contributed by atoms with Crippen LogP contribution in [0.15, 0.2) is 40.0 Å². The summed E-state index contributed by atoms with van der Waals surface area (Å²) in [6, 6.07) is 7.47. The second-order valence-electron chi connectivity index (χ2n) is 3.43. The van der Waals surface area contributed by atoms with Crippen LogP contribution < -0.4 is 5.32 Å². The number of hydrogen-bond acceptors (Lipinski definition) is 5. The summed E-state index contributed by atoms with van der Waals surface area (Å²) in [5, 5.41) is 11.2. The zero-order valence-corrected chi connectivity index (χ0v) is 9.35. The van der Waals surface area contributed by atoms with Crippen molar-refractivity contribution >= 4 is 35.1 Å². The lowest BCUT2D eigenvalue weighted by Crippen LogP contribution is -1.98. The number of allylic oxidation sites excluding steroid dienone is 1. The van der Waals surface area contributed by atoms with E-state index in [-0.39, 0.29) is 0 Å². The molecule has 0 aliphatic carbocycles. The predicted molar refractivity (Wildman–Crippen MR) is 65.5 cm³/mol. The van der Waals surface area contributed by atoms with Crippen molar-refractivity contribution in [3.8, 4) is 0 Å². The van der Waals surface area contributed by atoms with Gasteiger partial charge >= 0.3 is 0 Å². The molecular weight excluding hydrogens is 240 g/mol. The Bertz CT molecular complexity index is 600. The molecule has 0 atom stereocenters. The van der Waals surface area contributed by atoms with Crippen LogP contribution in [0.3, 0.4) is 0 Å². The topological polar surface area (TPSA) is 63.3 Å². The van der Waals surface area contributed by atoms with Gasteiger partial charge in [-0.15, -0.1) is 0 Å². The lowest BCUT2D eigenvalue weighted by atomic mass is 10.1. The summed E-state index contributed by atoms with van der Waals surface area (Å²) < 4.78 is 4.60. The molecule has 0 amide bonds. The third kappa shape index (κ3) is 1.92. The summed E-state index contributed by atoms with van der Waals surface area (Å²) >= 11 is 5.84. The molecule has 2 aromatic rings. The Labute approximate surface area is 102 Å². The summed E-state index contributed by atoms with van der Waals surface area (Å²) in [4.78, 5) is 4.08. The van der Waals surface area contributed by atoms with Crippen LogP contribution in [0, 0.1) is 0 Å². The zero-order chi connectivity index (χ0) is 11.7. The molecule has 17 heavy (non-hydrogen) atoms. The maximum absolute atomic E-state index is 5.84. The Morgan fingerprint density at radius 1 is 1.12 bits per heavy atom. The van der Waals surface area contributed by atoms with Gasteiger partial charge in [-0.1, -0.05) is 23.7 Å². The molecule has 6 heteroatoms. The maximum Gasteiger partial charge on any atom is 0.241 e. The number of halogens is 1. The number of rotatable bonds is 1. The number of hydrogen-bond donors (Lipinski definition) is 1. The van der Waals surface area contributed by atoms with Gasteiger partial charge in [-0.25, -0.2) is 9.62 Å². The van der Waals surface area contributed by atoms with Crippen LogP contribution in [0.4, 0.5) is 11.6 Å². The standard InChI is InChI=1S/C11H7ClN4O/c12-8-3-1-7(2-4-8)9-5-6-13-10-11(14-9)16-17-15-10/h1-6H,(H,14,16). The molecule has 1 aliphatic rings. The molecule has 0 saturated carbocycles. The van der Waals surface area contributed by atoms with Gasteiger partial charge in [0.25, 0.3) is 0 Å². The average molecular weight is 247 g/mol. The van der Waals surface area contributed by atoms with E-state index in [2.05, 4.69) is 25.3 Å². The van der Waals surface area contributed by atoms with Gasteiger partial charge in [0, 0.05) is 16.9 Å². The van der Waals surface area contributed by atoms with Crippen LogP contribution >= 0.6 is 11.6 Å².